The molecule has 0 spiro atoms. The molecule has 1 aromatic carbocycles. The second kappa shape index (κ2) is 4.34. The molecule has 88 valence electrons. The van der Waals surface area contributed by atoms with E-state index in [1.165, 1.54) is 6.42 Å². The molecule has 1 saturated carbocycles. The van der Waals surface area contributed by atoms with Crippen LogP contribution >= 0.6 is 0 Å². The maximum Gasteiger partial charge on any atom is 0.127 e. The summed E-state index contributed by atoms with van der Waals surface area (Å²) in [5.41, 5.74) is 6.77. The van der Waals surface area contributed by atoms with E-state index in [-0.39, 0.29) is 5.75 Å². The van der Waals surface area contributed by atoms with Crippen molar-refractivity contribution in [1.82, 2.24) is 0 Å². The normalized spacial score (nSPS) is 19.4. The summed E-state index contributed by atoms with van der Waals surface area (Å²) in [6, 6.07) is 5.32. The second-order valence-corrected chi connectivity index (χ2v) is 4.57. The largest absolute Gasteiger partial charge is 0.507 e. The Kier molecular flexibility index (Phi) is 3.06. The third-order valence-electron chi connectivity index (χ3n) is 3.47. The highest BCUT2D eigenvalue weighted by Crippen LogP contribution is 2.43. The number of rotatable bonds is 2. The molecule has 0 radical (unpaired) electrons. The van der Waals surface area contributed by atoms with E-state index in [9.17, 15) is 5.11 Å². The van der Waals surface area contributed by atoms with Crippen molar-refractivity contribution in [3.63, 3.8) is 0 Å². The third kappa shape index (κ3) is 1.87. The highest BCUT2D eigenvalue weighted by atomic mass is 16.5. The summed E-state index contributed by atoms with van der Waals surface area (Å²) in [4.78, 5) is 0. The predicted molar refractivity (Wildman–Crippen MR) is 63.6 cm³/mol. The van der Waals surface area contributed by atoms with Crippen LogP contribution in [0.5, 0.6) is 11.5 Å². The zero-order chi connectivity index (χ0) is 11.6. The van der Waals surface area contributed by atoms with Gasteiger partial charge in [-0.25, -0.2) is 0 Å². The van der Waals surface area contributed by atoms with Gasteiger partial charge in [0.25, 0.3) is 0 Å². The van der Waals surface area contributed by atoms with Crippen LogP contribution in [0.2, 0.25) is 0 Å². The first kappa shape index (κ1) is 11.3. The molecule has 1 aliphatic rings. The lowest BCUT2D eigenvalue weighted by atomic mass is 9.76. The van der Waals surface area contributed by atoms with Gasteiger partial charge in [0.2, 0.25) is 0 Å². The number of hydrogen-bond acceptors (Lipinski definition) is 3. The van der Waals surface area contributed by atoms with Crippen LogP contribution in [0.4, 0.5) is 0 Å². The van der Waals surface area contributed by atoms with Gasteiger partial charge >= 0.3 is 0 Å². The summed E-state index contributed by atoms with van der Waals surface area (Å²) in [6.45, 7) is 0. The molecule has 0 unspecified atom stereocenters. The lowest BCUT2D eigenvalue weighted by Gasteiger charge is -2.35. The average Bonchev–Trinajstić information content (AvgIpc) is 2.29. The van der Waals surface area contributed by atoms with Crippen LogP contribution in [-0.2, 0) is 5.54 Å². The zero-order valence-corrected chi connectivity index (χ0v) is 9.70. The minimum Gasteiger partial charge on any atom is -0.507 e. The van der Waals surface area contributed by atoms with Crippen molar-refractivity contribution in [2.45, 2.75) is 37.6 Å². The Balaban J connectivity index is 2.44. The van der Waals surface area contributed by atoms with Gasteiger partial charge in [0.05, 0.1) is 12.7 Å². The topological polar surface area (TPSA) is 55.5 Å². The van der Waals surface area contributed by atoms with E-state index in [1.54, 1.807) is 19.2 Å². The Morgan fingerprint density at radius 2 is 1.94 bits per heavy atom. The van der Waals surface area contributed by atoms with Crippen molar-refractivity contribution in [2.24, 2.45) is 5.73 Å². The Hall–Kier alpha value is -1.22. The number of phenols is 1. The first-order valence-electron chi connectivity index (χ1n) is 5.83. The van der Waals surface area contributed by atoms with Crippen LogP contribution < -0.4 is 10.5 Å². The first-order valence-corrected chi connectivity index (χ1v) is 5.83. The molecule has 1 aromatic rings. The van der Waals surface area contributed by atoms with Gasteiger partial charge < -0.3 is 15.6 Å². The van der Waals surface area contributed by atoms with Gasteiger partial charge in [0.1, 0.15) is 11.5 Å². The second-order valence-electron chi connectivity index (χ2n) is 4.57. The fourth-order valence-electron chi connectivity index (χ4n) is 2.62. The Labute approximate surface area is 96.2 Å². The van der Waals surface area contributed by atoms with Crippen LogP contribution in [0.3, 0.4) is 0 Å². The molecule has 2 rings (SSSR count). The quantitative estimate of drug-likeness (QED) is 0.806. The van der Waals surface area contributed by atoms with Gasteiger partial charge in [-0.1, -0.05) is 25.3 Å². The fraction of sp³-hybridized carbons (Fsp3) is 0.538. The number of phenolic OH excluding ortho intramolecular Hbond substituents is 1. The van der Waals surface area contributed by atoms with Gasteiger partial charge in [-0.05, 0) is 25.0 Å². The smallest absolute Gasteiger partial charge is 0.127 e. The van der Waals surface area contributed by atoms with E-state index < -0.39 is 5.54 Å². The molecule has 16 heavy (non-hydrogen) atoms. The summed E-state index contributed by atoms with van der Waals surface area (Å²) in [7, 11) is 1.62. The molecule has 0 aromatic heterocycles. The molecule has 3 N–H and O–H groups in total. The minimum atomic E-state index is -0.422. The Morgan fingerprint density at radius 1 is 1.25 bits per heavy atom. The average molecular weight is 221 g/mol. The van der Waals surface area contributed by atoms with Gasteiger partial charge in [-0.2, -0.15) is 0 Å². The van der Waals surface area contributed by atoms with Crippen LogP contribution in [0.25, 0.3) is 0 Å². The molecule has 0 bridgehead atoms. The van der Waals surface area contributed by atoms with Gasteiger partial charge in [-0.3, -0.25) is 0 Å². The van der Waals surface area contributed by atoms with E-state index >= 15 is 0 Å². The lowest BCUT2D eigenvalue weighted by Crippen LogP contribution is -2.39. The van der Waals surface area contributed by atoms with Crippen LogP contribution in [0.15, 0.2) is 18.2 Å². The van der Waals surface area contributed by atoms with Crippen LogP contribution in [-0.4, -0.2) is 12.2 Å². The zero-order valence-electron chi connectivity index (χ0n) is 9.70. The van der Waals surface area contributed by atoms with E-state index in [4.69, 9.17) is 10.5 Å². The summed E-state index contributed by atoms with van der Waals surface area (Å²) in [5.74, 6) is 0.952. The third-order valence-corrected chi connectivity index (χ3v) is 3.47. The molecule has 0 atom stereocenters. The lowest BCUT2D eigenvalue weighted by molar-refractivity contribution is 0.278. The summed E-state index contributed by atoms with van der Waals surface area (Å²) in [6.07, 6.45) is 5.30. The predicted octanol–water partition coefficient (Wildman–Crippen LogP) is 2.52. The maximum atomic E-state index is 9.98. The van der Waals surface area contributed by atoms with E-state index in [1.807, 2.05) is 6.07 Å². The van der Waals surface area contributed by atoms with Gasteiger partial charge in [0, 0.05) is 5.54 Å². The van der Waals surface area contributed by atoms with Crippen molar-refractivity contribution < 1.29 is 9.84 Å². The number of hydrogen-bond donors (Lipinski definition) is 2. The molecule has 0 heterocycles. The van der Waals surface area contributed by atoms with Crippen molar-refractivity contribution in [3.05, 3.63) is 23.8 Å². The highest BCUT2D eigenvalue weighted by Gasteiger charge is 2.34. The van der Waals surface area contributed by atoms with E-state index in [0.29, 0.717) is 5.75 Å². The molecule has 3 nitrogen and oxygen atoms in total. The van der Waals surface area contributed by atoms with E-state index in [0.717, 1.165) is 31.2 Å². The van der Waals surface area contributed by atoms with Crippen LogP contribution in [0, 0.1) is 0 Å². The Morgan fingerprint density at radius 3 is 2.56 bits per heavy atom. The van der Waals surface area contributed by atoms with Crippen molar-refractivity contribution >= 4 is 0 Å². The number of ether oxygens (including phenoxy) is 1. The number of methoxy groups -OCH3 is 1. The highest BCUT2D eigenvalue weighted by molar-refractivity contribution is 5.48. The molecule has 1 fully saturated rings. The molecule has 0 aliphatic heterocycles. The molecule has 0 saturated heterocycles. The summed E-state index contributed by atoms with van der Waals surface area (Å²) >= 11 is 0. The van der Waals surface area contributed by atoms with Crippen molar-refractivity contribution in [3.8, 4) is 11.5 Å². The molecular weight excluding hydrogens is 202 g/mol. The maximum absolute atomic E-state index is 9.98. The number of aromatic hydroxyl groups is 1. The SMILES string of the molecule is COc1cccc(O)c1C1(N)CCCCC1. The standard InChI is InChI=1S/C13H19NO2/c1-16-11-7-5-6-10(15)12(11)13(14)8-3-2-4-9-13/h5-7,15H,2-4,8-9,14H2,1H3. The summed E-state index contributed by atoms with van der Waals surface area (Å²) in [5, 5.41) is 9.98. The monoisotopic (exact) mass is 221 g/mol. The fourth-order valence-corrected chi connectivity index (χ4v) is 2.62. The molecular formula is C13H19NO2. The molecule has 1 aliphatic carbocycles. The van der Waals surface area contributed by atoms with Gasteiger partial charge in [0.15, 0.2) is 0 Å². The molecule has 3 heteroatoms. The number of benzene rings is 1. The van der Waals surface area contributed by atoms with E-state index in [2.05, 4.69) is 0 Å². The van der Waals surface area contributed by atoms with Crippen LogP contribution in [0.1, 0.15) is 37.7 Å². The Bertz CT molecular complexity index is 370. The molecule has 0 amide bonds. The van der Waals surface area contributed by atoms with Crippen molar-refractivity contribution in [1.29, 1.82) is 0 Å². The van der Waals surface area contributed by atoms with Gasteiger partial charge in [-0.15, -0.1) is 0 Å². The minimum absolute atomic E-state index is 0.253. The summed E-state index contributed by atoms with van der Waals surface area (Å²) < 4.78 is 5.30. The first-order chi connectivity index (χ1) is 7.67. The number of nitrogens with two attached hydrogens (primary N) is 1. The van der Waals surface area contributed by atoms with Crippen molar-refractivity contribution in [2.75, 3.05) is 7.11 Å².